The summed E-state index contributed by atoms with van der Waals surface area (Å²) in [4.78, 5) is 13.1. The lowest BCUT2D eigenvalue weighted by molar-refractivity contribution is -0.131. The second-order valence-electron chi connectivity index (χ2n) is 5.13. The molecule has 1 aliphatic rings. The Morgan fingerprint density at radius 1 is 1.42 bits per heavy atom. The summed E-state index contributed by atoms with van der Waals surface area (Å²) in [5.41, 5.74) is 2.13. The van der Waals surface area contributed by atoms with Gasteiger partial charge in [0, 0.05) is 23.8 Å². The van der Waals surface area contributed by atoms with E-state index in [4.69, 9.17) is 5.11 Å². The summed E-state index contributed by atoms with van der Waals surface area (Å²) in [7, 11) is 0. The first-order valence-electron chi connectivity index (χ1n) is 6.91. The average Bonchev–Trinajstić information content (AvgIpc) is 2.77. The number of hydrogen-bond acceptors (Lipinski definition) is 2. The second-order valence-corrected chi connectivity index (χ2v) is 5.13. The Kier molecular flexibility index (Phi) is 4.25. The van der Waals surface area contributed by atoms with Crippen LogP contribution in [0.5, 0.6) is 0 Å². The van der Waals surface area contributed by atoms with Crippen LogP contribution in [0.1, 0.15) is 38.7 Å². The van der Waals surface area contributed by atoms with Gasteiger partial charge in [-0.3, -0.25) is 0 Å². The van der Waals surface area contributed by atoms with Crippen molar-refractivity contribution in [2.24, 2.45) is 0 Å². The van der Waals surface area contributed by atoms with E-state index in [1.54, 1.807) is 6.08 Å². The highest BCUT2D eigenvalue weighted by molar-refractivity contribution is 5.87. The van der Waals surface area contributed by atoms with E-state index in [9.17, 15) is 4.79 Å². The fourth-order valence-corrected chi connectivity index (χ4v) is 2.93. The standard InChI is InChI=1S/C16H21NO2/c1-3-14-10-8-12(2)17(14)15-7-5-4-6-13(15)9-11-16(18)19/h4-7,9,11-12,14H,3,8,10H2,1-2H3,(H,18,19)/b11-9+. The van der Waals surface area contributed by atoms with Gasteiger partial charge < -0.3 is 10.0 Å². The molecule has 1 saturated heterocycles. The first-order valence-corrected chi connectivity index (χ1v) is 6.91. The van der Waals surface area contributed by atoms with Crippen molar-refractivity contribution in [3.05, 3.63) is 35.9 Å². The summed E-state index contributed by atoms with van der Waals surface area (Å²) >= 11 is 0. The maximum atomic E-state index is 10.7. The third kappa shape index (κ3) is 2.98. The molecule has 2 atom stereocenters. The quantitative estimate of drug-likeness (QED) is 0.841. The van der Waals surface area contributed by atoms with Crippen LogP contribution in [0.25, 0.3) is 6.08 Å². The van der Waals surface area contributed by atoms with Gasteiger partial charge in [-0.15, -0.1) is 0 Å². The van der Waals surface area contributed by atoms with Crippen molar-refractivity contribution >= 4 is 17.7 Å². The van der Waals surface area contributed by atoms with Crippen LogP contribution in [0.15, 0.2) is 30.3 Å². The first-order chi connectivity index (χ1) is 9.13. The van der Waals surface area contributed by atoms with Crippen LogP contribution in [-0.2, 0) is 4.79 Å². The number of aliphatic carboxylic acids is 1. The molecule has 0 bridgehead atoms. The zero-order valence-corrected chi connectivity index (χ0v) is 11.5. The van der Waals surface area contributed by atoms with Gasteiger partial charge in [0.15, 0.2) is 0 Å². The van der Waals surface area contributed by atoms with Crippen molar-refractivity contribution in [3.8, 4) is 0 Å². The Hall–Kier alpha value is -1.77. The molecule has 2 rings (SSSR count). The Labute approximate surface area is 114 Å². The molecule has 3 nitrogen and oxygen atoms in total. The van der Waals surface area contributed by atoms with Crippen LogP contribution in [0.2, 0.25) is 0 Å². The van der Waals surface area contributed by atoms with Crippen molar-refractivity contribution in [2.45, 2.75) is 45.2 Å². The van der Waals surface area contributed by atoms with Gasteiger partial charge in [0.05, 0.1) is 0 Å². The molecule has 0 radical (unpaired) electrons. The van der Waals surface area contributed by atoms with Gasteiger partial charge in [0.2, 0.25) is 0 Å². The van der Waals surface area contributed by atoms with Gasteiger partial charge in [0.25, 0.3) is 0 Å². The van der Waals surface area contributed by atoms with Crippen LogP contribution >= 0.6 is 0 Å². The number of hydrogen-bond donors (Lipinski definition) is 1. The van der Waals surface area contributed by atoms with E-state index in [0.29, 0.717) is 12.1 Å². The minimum atomic E-state index is -0.906. The number of carbonyl (C=O) groups is 1. The van der Waals surface area contributed by atoms with E-state index >= 15 is 0 Å². The number of anilines is 1. The minimum Gasteiger partial charge on any atom is -0.478 e. The molecule has 0 amide bonds. The van der Waals surface area contributed by atoms with Gasteiger partial charge in [-0.2, -0.15) is 0 Å². The molecule has 2 unspecified atom stereocenters. The fraction of sp³-hybridized carbons (Fsp3) is 0.438. The van der Waals surface area contributed by atoms with Crippen molar-refractivity contribution in [2.75, 3.05) is 4.90 Å². The summed E-state index contributed by atoms with van der Waals surface area (Å²) in [5.74, 6) is -0.906. The molecular weight excluding hydrogens is 238 g/mol. The Balaban J connectivity index is 2.35. The molecule has 19 heavy (non-hydrogen) atoms. The van der Waals surface area contributed by atoms with Gasteiger partial charge in [-0.1, -0.05) is 25.1 Å². The molecule has 0 aliphatic carbocycles. The lowest BCUT2D eigenvalue weighted by Gasteiger charge is -2.31. The van der Waals surface area contributed by atoms with E-state index in [-0.39, 0.29) is 0 Å². The predicted octanol–water partition coefficient (Wildman–Crippen LogP) is 3.55. The van der Waals surface area contributed by atoms with Crippen LogP contribution in [0, 0.1) is 0 Å². The molecule has 0 aromatic heterocycles. The number of benzene rings is 1. The second kappa shape index (κ2) is 5.91. The van der Waals surface area contributed by atoms with Crippen molar-refractivity contribution < 1.29 is 9.90 Å². The number of para-hydroxylation sites is 1. The van der Waals surface area contributed by atoms with E-state index < -0.39 is 5.97 Å². The Morgan fingerprint density at radius 2 is 2.16 bits per heavy atom. The highest BCUT2D eigenvalue weighted by Gasteiger charge is 2.30. The Bertz CT molecular complexity index is 481. The third-order valence-corrected chi connectivity index (χ3v) is 3.88. The number of rotatable bonds is 4. The highest BCUT2D eigenvalue weighted by Crippen LogP contribution is 2.34. The predicted molar refractivity (Wildman–Crippen MR) is 78.4 cm³/mol. The van der Waals surface area contributed by atoms with E-state index in [1.165, 1.54) is 18.9 Å². The zero-order chi connectivity index (χ0) is 13.8. The highest BCUT2D eigenvalue weighted by atomic mass is 16.4. The molecule has 1 aliphatic heterocycles. The van der Waals surface area contributed by atoms with Crippen LogP contribution in [0.4, 0.5) is 5.69 Å². The zero-order valence-electron chi connectivity index (χ0n) is 11.5. The SMILES string of the molecule is CCC1CCC(C)N1c1ccccc1/C=C/C(=O)O. The smallest absolute Gasteiger partial charge is 0.328 e. The number of nitrogens with zero attached hydrogens (tertiary/aromatic N) is 1. The molecule has 102 valence electrons. The van der Waals surface area contributed by atoms with Gasteiger partial charge in [-0.05, 0) is 43.9 Å². The van der Waals surface area contributed by atoms with Crippen molar-refractivity contribution in [1.82, 2.24) is 0 Å². The third-order valence-electron chi connectivity index (χ3n) is 3.88. The monoisotopic (exact) mass is 259 g/mol. The van der Waals surface area contributed by atoms with Crippen LogP contribution in [0.3, 0.4) is 0 Å². The topological polar surface area (TPSA) is 40.5 Å². The Morgan fingerprint density at radius 3 is 2.84 bits per heavy atom. The van der Waals surface area contributed by atoms with E-state index in [1.807, 2.05) is 18.2 Å². The van der Waals surface area contributed by atoms with Crippen LogP contribution in [-0.4, -0.2) is 23.2 Å². The maximum absolute atomic E-state index is 10.7. The normalized spacial score (nSPS) is 23.2. The lowest BCUT2D eigenvalue weighted by atomic mass is 10.1. The summed E-state index contributed by atoms with van der Waals surface area (Å²) < 4.78 is 0. The fourth-order valence-electron chi connectivity index (χ4n) is 2.93. The summed E-state index contributed by atoms with van der Waals surface area (Å²) in [6.07, 6.45) is 6.45. The van der Waals surface area contributed by atoms with Crippen molar-refractivity contribution in [3.63, 3.8) is 0 Å². The summed E-state index contributed by atoms with van der Waals surface area (Å²) in [6, 6.07) is 9.12. The molecule has 1 fully saturated rings. The van der Waals surface area contributed by atoms with E-state index in [2.05, 4.69) is 24.8 Å². The molecule has 0 saturated carbocycles. The number of carboxylic acids is 1. The van der Waals surface area contributed by atoms with E-state index in [0.717, 1.165) is 17.7 Å². The molecule has 1 heterocycles. The van der Waals surface area contributed by atoms with Gasteiger partial charge >= 0.3 is 5.97 Å². The molecule has 0 spiro atoms. The maximum Gasteiger partial charge on any atom is 0.328 e. The molecule has 1 N–H and O–H groups in total. The molecular formula is C16H21NO2. The van der Waals surface area contributed by atoms with Gasteiger partial charge in [0.1, 0.15) is 0 Å². The first kappa shape index (κ1) is 13.7. The van der Waals surface area contributed by atoms with Gasteiger partial charge in [-0.25, -0.2) is 4.79 Å². The molecule has 1 aromatic carbocycles. The summed E-state index contributed by atoms with van der Waals surface area (Å²) in [6.45, 7) is 4.46. The van der Waals surface area contributed by atoms with Crippen LogP contribution < -0.4 is 4.90 Å². The molecule has 3 heteroatoms. The number of carboxylic acid groups (broad SMARTS) is 1. The minimum absolute atomic E-state index is 0.518. The summed E-state index contributed by atoms with van der Waals surface area (Å²) in [5, 5.41) is 8.78. The van der Waals surface area contributed by atoms with Crippen molar-refractivity contribution in [1.29, 1.82) is 0 Å². The lowest BCUT2D eigenvalue weighted by Crippen LogP contribution is -2.34. The molecule has 1 aromatic rings. The largest absolute Gasteiger partial charge is 0.478 e. The average molecular weight is 259 g/mol.